The van der Waals surface area contributed by atoms with Crippen LogP contribution in [0.15, 0.2) is 24.3 Å². The van der Waals surface area contributed by atoms with Crippen LogP contribution in [0.25, 0.3) is 0 Å². The summed E-state index contributed by atoms with van der Waals surface area (Å²) in [7, 11) is 0. The number of aryl methyl sites for hydroxylation is 1. The lowest BCUT2D eigenvalue weighted by Crippen LogP contribution is -2.54. The van der Waals surface area contributed by atoms with Crippen LogP contribution in [0.4, 0.5) is 4.79 Å². The number of nitrogens with two attached hydrogens (primary N) is 1. The van der Waals surface area contributed by atoms with Gasteiger partial charge in [0.05, 0.1) is 6.04 Å². The molecule has 5 nitrogen and oxygen atoms in total. The van der Waals surface area contributed by atoms with Crippen LogP contribution in [0.3, 0.4) is 0 Å². The van der Waals surface area contributed by atoms with Crippen molar-refractivity contribution < 1.29 is 13.8 Å². The van der Waals surface area contributed by atoms with Crippen molar-refractivity contribution in [1.29, 1.82) is 0 Å². The summed E-state index contributed by atoms with van der Waals surface area (Å²) in [5.74, 6) is 0.744. The molecular formula is C27H44N2O3S2. The minimum atomic E-state index is -0.688. The zero-order valence-electron chi connectivity index (χ0n) is 21.4. The van der Waals surface area contributed by atoms with Gasteiger partial charge in [-0.15, -0.1) is 0 Å². The fourth-order valence-corrected chi connectivity index (χ4v) is 6.45. The molecule has 3 unspecified atom stereocenters. The van der Waals surface area contributed by atoms with E-state index in [0.717, 1.165) is 49.0 Å². The second-order valence-electron chi connectivity index (χ2n) is 11.0. The molecule has 0 bridgehead atoms. The summed E-state index contributed by atoms with van der Waals surface area (Å²) in [5.41, 5.74) is 7.16. The molecule has 1 aromatic rings. The Kier molecular flexibility index (Phi) is 11.8. The highest BCUT2D eigenvalue weighted by Crippen LogP contribution is 2.48. The Morgan fingerprint density at radius 2 is 1.76 bits per heavy atom. The Hall–Kier alpha value is -1.18. The molecule has 0 saturated heterocycles. The summed E-state index contributed by atoms with van der Waals surface area (Å²) in [6.07, 6.45) is 12.1. The van der Waals surface area contributed by atoms with Crippen LogP contribution >= 0.6 is 24.7 Å². The van der Waals surface area contributed by atoms with Gasteiger partial charge >= 0.3 is 0 Å². The second kappa shape index (κ2) is 13.8. The lowest BCUT2D eigenvalue weighted by atomic mass is 9.60. The van der Waals surface area contributed by atoms with E-state index in [1.807, 2.05) is 25.1 Å². The highest BCUT2D eigenvalue weighted by Gasteiger charge is 2.47. The molecule has 7 heteroatoms. The molecule has 3 N–H and O–H groups in total. The monoisotopic (exact) mass is 508 g/mol. The first kappa shape index (κ1) is 29.1. The Balaban J connectivity index is 1.91. The van der Waals surface area contributed by atoms with Crippen molar-refractivity contribution in [2.24, 2.45) is 16.6 Å². The van der Waals surface area contributed by atoms with Gasteiger partial charge in [0, 0.05) is 6.04 Å². The van der Waals surface area contributed by atoms with Crippen molar-refractivity contribution in [3.05, 3.63) is 29.8 Å². The molecule has 0 radical (unpaired) electrons. The zero-order chi connectivity index (χ0) is 25.2. The fourth-order valence-electron chi connectivity index (χ4n) is 5.54. The van der Waals surface area contributed by atoms with Crippen LogP contribution in [-0.2, 0) is 11.2 Å². The minimum Gasteiger partial charge on any atom is -0.417 e. The molecule has 1 aliphatic rings. The highest BCUT2D eigenvalue weighted by atomic mass is 32.2. The molecule has 0 aliphatic heterocycles. The smallest absolute Gasteiger partial charge is 0.276 e. The SMILES string of the molecule is CCCCCCCCCc1ccccc1OSC(=O)C(N)C1(C)CC(NC(=O)S)CC(C)(C)C1. The Bertz CT molecular complexity index is 802. The molecule has 34 heavy (non-hydrogen) atoms. The highest BCUT2D eigenvalue weighted by molar-refractivity contribution is 8.10. The number of carbonyl (C=O) groups excluding carboxylic acids is 2. The number of hydrogen-bond donors (Lipinski definition) is 3. The number of rotatable bonds is 13. The van der Waals surface area contributed by atoms with E-state index < -0.39 is 11.5 Å². The lowest BCUT2D eigenvalue weighted by molar-refractivity contribution is -0.116. The number of benzene rings is 1. The van der Waals surface area contributed by atoms with Gasteiger partial charge in [-0.25, -0.2) is 0 Å². The van der Waals surface area contributed by atoms with Crippen molar-refractivity contribution >= 4 is 35.0 Å². The van der Waals surface area contributed by atoms with Crippen molar-refractivity contribution in [1.82, 2.24) is 5.32 Å². The van der Waals surface area contributed by atoms with Crippen LogP contribution in [0.2, 0.25) is 0 Å². The van der Waals surface area contributed by atoms with Gasteiger partial charge in [-0.3, -0.25) is 9.59 Å². The summed E-state index contributed by atoms with van der Waals surface area (Å²) in [6.45, 7) is 8.59. The Labute approximate surface area is 216 Å². The third-order valence-electron chi connectivity index (χ3n) is 6.96. The van der Waals surface area contributed by atoms with E-state index in [0.29, 0.717) is 6.42 Å². The van der Waals surface area contributed by atoms with Gasteiger partial charge < -0.3 is 15.2 Å². The summed E-state index contributed by atoms with van der Waals surface area (Å²) in [4.78, 5) is 24.6. The van der Waals surface area contributed by atoms with Gasteiger partial charge in [-0.05, 0) is 54.6 Å². The normalized spacial score (nSPS) is 22.7. The Morgan fingerprint density at radius 3 is 2.44 bits per heavy atom. The molecule has 1 aliphatic carbocycles. The first-order chi connectivity index (χ1) is 16.1. The maximum atomic E-state index is 13.1. The summed E-state index contributed by atoms with van der Waals surface area (Å²) < 4.78 is 5.91. The predicted octanol–water partition coefficient (Wildman–Crippen LogP) is 7.09. The van der Waals surface area contributed by atoms with E-state index in [1.165, 1.54) is 38.5 Å². The van der Waals surface area contributed by atoms with Crippen LogP contribution in [0, 0.1) is 10.8 Å². The van der Waals surface area contributed by atoms with Gasteiger partial charge in [0.25, 0.3) is 5.24 Å². The van der Waals surface area contributed by atoms with E-state index in [1.54, 1.807) is 0 Å². The third kappa shape index (κ3) is 9.46. The molecule has 2 rings (SSSR count). The molecular weight excluding hydrogens is 464 g/mol. The maximum absolute atomic E-state index is 13.1. The number of nitrogens with one attached hydrogen (secondary N) is 1. The molecule has 0 aromatic heterocycles. The van der Waals surface area contributed by atoms with Crippen molar-refractivity contribution in [2.75, 3.05) is 0 Å². The molecule has 1 saturated carbocycles. The average molecular weight is 509 g/mol. The van der Waals surface area contributed by atoms with Gasteiger partial charge in [0.2, 0.25) is 5.12 Å². The molecule has 1 aromatic carbocycles. The Morgan fingerprint density at radius 1 is 1.12 bits per heavy atom. The van der Waals surface area contributed by atoms with Crippen molar-refractivity contribution in [3.63, 3.8) is 0 Å². The average Bonchev–Trinajstić information content (AvgIpc) is 2.75. The molecule has 0 spiro atoms. The number of hydrogen-bond acceptors (Lipinski definition) is 5. The van der Waals surface area contributed by atoms with Crippen LogP contribution < -0.4 is 15.2 Å². The summed E-state index contributed by atoms with van der Waals surface area (Å²) >= 11 is 4.72. The van der Waals surface area contributed by atoms with E-state index in [-0.39, 0.29) is 21.8 Å². The number of carbonyl (C=O) groups is 2. The van der Waals surface area contributed by atoms with Crippen LogP contribution in [-0.4, -0.2) is 22.4 Å². The number of thiol groups is 1. The van der Waals surface area contributed by atoms with Gasteiger partial charge in [-0.1, -0.05) is 97.0 Å². The van der Waals surface area contributed by atoms with E-state index in [9.17, 15) is 9.59 Å². The predicted molar refractivity (Wildman–Crippen MR) is 146 cm³/mol. The zero-order valence-corrected chi connectivity index (χ0v) is 23.1. The molecule has 192 valence electrons. The van der Waals surface area contributed by atoms with Crippen LogP contribution in [0.5, 0.6) is 5.75 Å². The molecule has 3 atom stereocenters. The fraction of sp³-hybridized carbons (Fsp3) is 0.704. The van der Waals surface area contributed by atoms with Crippen LogP contribution in [0.1, 0.15) is 97.5 Å². The minimum absolute atomic E-state index is 0.0412. The van der Waals surface area contributed by atoms with Gasteiger partial charge in [0.15, 0.2) is 0 Å². The number of unbranched alkanes of at least 4 members (excludes halogenated alkanes) is 6. The molecule has 1 amide bonds. The summed E-state index contributed by atoms with van der Waals surface area (Å²) in [5, 5.41) is 2.38. The number of para-hydroxylation sites is 1. The van der Waals surface area contributed by atoms with E-state index >= 15 is 0 Å². The third-order valence-corrected chi connectivity index (χ3v) is 7.77. The van der Waals surface area contributed by atoms with E-state index in [2.05, 4.69) is 44.8 Å². The lowest BCUT2D eigenvalue weighted by Gasteiger charge is -2.48. The van der Waals surface area contributed by atoms with Gasteiger partial charge in [-0.2, -0.15) is 0 Å². The maximum Gasteiger partial charge on any atom is 0.276 e. The first-order valence-corrected chi connectivity index (χ1v) is 14.0. The second-order valence-corrected chi connectivity index (χ2v) is 12.1. The topological polar surface area (TPSA) is 81.4 Å². The standard InChI is InChI=1S/C27H44N2O3S2/c1-5-6-7-8-9-10-11-14-20-15-12-13-16-22(20)32-34-24(30)23(28)27(4)18-21(29-25(31)33)17-26(2,3)19-27/h12-13,15-16,21,23H,5-11,14,17-19,28H2,1-4H3,(H2,29,31,33). The quantitative estimate of drug-likeness (QED) is 0.151. The molecule has 0 heterocycles. The van der Waals surface area contributed by atoms with Crippen molar-refractivity contribution in [3.8, 4) is 5.75 Å². The van der Waals surface area contributed by atoms with Crippen molar-refractivity contribution in [2.45, 2.75) is 110 Å². The summed E-state index contributed by atoms with van der Waals surface area (Å²) in [6, 6.07) is 7.21. The molecule has 1 fully saturated rings. The number of amides is 1. The van der Waals surface area contributed by atoms with E-state index in [4.69, 9.17) is 9.92 Å². The van der Waals surface area contributed by atoms with Gasteiger partial charge in [0.1, 0.15) is 17.8 Å². The largest absolute Gasteiger partial charge is 0.417 e. The first-order valence-electron chi connectivity index (χ1n) is 12.8.